The second kappa shape index (κ2) is 7.53. The highest BCUT2D eigenvalue weighted by molar-refractivity contribution is 9.10. The Hall–Kier alpha value is -2.60. The summed E-state index contributed by atoms with van der Waals surface area (Å²) in [7, 11) is 2.01. The number of carbonyl (C=O) groups is 1. The van der Waals surface area contributed by atoms with Crippen molar-refractivity contribution in [3.8, 4) is 5.75 Å². The number of nitrogens with one attached hydrogen (secondary N) is 1. The molecular formula is C19H18BrN3O2. The van der Waals surface area contributed by atoms with E-state index in [1.54, 1.807) is 18.3 Å². The lowest BCUT2D eigenvalue weighted by atomic mass is 10.1. The fourth-order valence-electron chi connectivity index (χ4n) is 2.62. The number of carbonyl (C=O) groups excluding carboxylic acids is 1. The smallest absolute Gasteiger partial charge is 0.277 e. The maximum absolute atomic E-state index is 11.9. The number of hydrogen-bond donors (Lipinski definition) is 1. The number of fused-ring (bicyclic) bond motifs is 1. The Morgan fingerprint density at radius 2 is 2.08 bits per heavy atom. The first-order valence-electron chi connectivity index (χ1n) is 7.80. The van der Waals surface area contributed by atoms with Crippen molar-refractivity contribution >= 4 is 39.0 Å². The quantitative estimate of drug-likeness (QED) is 0.524. The standard InChI is InChI=1S/C19H18BrN3O2/c1-13-17(16-8-3-4-9-18(16)23(13)2)11-21-22-19(24)12-25-15-7-5-6-14(20)10-15/h3-11H,12H2,1-2H3,(H,22,24)/b21-11+. The Kier molecular flexibility index (Phi) is 5.19. The van der Waals surface area contributed by atoms with Crippen LogP contribution in [0.5, 0.6) is 5.75 Å². The molecule has 6 heteroatoms. The molecule has 0 aliphatic carbocycles. The van der Waals surface area contributed by atoms with E-state index in [-0.39, 0.29) is 12.5 Å². The van der Waals surface area contributed by atoms with Crippen LogP contribution in [0.3, 0.4) is 0 Å². The van der Waals surface area contributed by atoms with Gasteiger partial charge < -0.3 is 9.30 Å². The van der Waals surface area contributed by atoms with E-state index in [2.05, 4.69) is 37.1 Å². The van der Waals surface area contributed by atoms with E-state index in [1.807, 2.05) is 44.3 Å². The van der Waals surface area contributed by atoms with Crippen molar-refractivity contribution in [2.24, 2.45) is 12.1 Å². The predicted octanol–water partition coefficient (Wildman–Crippen LogP) is 3.78. The minimum Gasteiger partial charge on any atom is -0.484 e. The zero-order valence-corrected chi connectivity index (χ0v) is 15.6. The topological polar surface area (TPSA) is 55.6 Å². The maximum Gasteiger partial charge on any atom is 0.277 e. The number of aromatic nitrogens is 1. The van der Waals surface area contributed by atoms with Crippen molar-refractivity contribution in [1.29, 1.82) is 0 Å². The van der Waals surface area contributed by atoms with Crippen molar-refractivity contribution < 1.29 is 9.53 Å². The summed E-state index contributed by atoms with van der Waals surface area (Å²) in [6.07, 6.45) is 1.68. The monoisotopic (exact) mass is 399 g/mol. The van der Waals surface area contributed by atoms with Crippen LogP contribution >= 0.6 is 15.9 Å². The molecule has 5 nitrogen and oxygen atoms in total. The van der Waals surface area contributed by atoms with Gasteiger partial charge in [0, 0.05) is 33.7 Å². The zero-order chi connectivity index (χ0) is 17.8. The normalized spacial score (nSPS) is 11.2. The van der Waals surface area contributed by atoms with Gasteiger partial charge in [-0.3, -0.25) is 4.79 Å². The molecule has 1 aromatic heterocycles. The molecule has 3 rings (SSSR count). The fraction of sp³-hybridized carbons (Fsp3) is 0.158. The molecule has 25 heavy (non-hydrogen) atoms. The van der Waals surface area contributed by atoms with Crippen molar-refractivity contribution in [2.75, 3.05) is 6.61 Å². The second-order valence-electron chi connectivity index (χ2n) is 5.61. The van der Waals surface area contributed by atoms with Gasteiger partial charge in [0.25, 0.3) is 5.91 Å². The number of amides is 1. The first-order valence-corrected chi connectivity index (χ1v) is 8.60. The Balaban J connectivity index is 1.63. The van der Waals surface area contributed by atoms with Crippen LogP contribution in [-0.4, -0.2) is 23.3 Å². The minimum atomic E-state index is -0.311. The molecule has 0 atom stereocenters. The molecule has 0 saturated heterocycles. The molecule has 0 radical (unpaired) electrons. The predicted molar refractivity (Wildman–Crippen MR) is 103 cm³/mol. The number of para-hydroxylation sites is 1. The minimum absolute atomic E-state index is 0.0949. The van der Waals surface area contributed by atoms with Gasteiger partial charge in [0.2, 0.25) is 0 Å². The van der Waals surface area contributed by atoms with Crippen LogP contribution in [0.2, 0.25) is 0 Å². The van der Waals surface area contributed by atoms with E-state index in [0.29, 0.717) is 5.75 Å². The third-order valence-corrected chi connectivity index (χ3v) is 4.49. The molecule has 0 spiro atoms. The van der Waals surface area contributed by atoms with Crippen molar-refractivity contribution in [3.63, 3.8) is 0 Å². The van der Waals surface area contributed by atoms with E-state index in [4.69, 9.17) is 4.74 Å². The lowest BCUT2D eigenvalue weighted by molar-refractivity contribution is -0.123. The number of ether oxygens (including phenoxy) is 1. The van der Waals surface area contributed by atoms with Gasteiger partial charge in [0.1, 0.15) is 5.75 Å². The first-order chi connectivity index (χ1) is 12.1. The molecule has 3 aromatic rings. The zero-order valence-electron chi connectivity index (χ0n) is 14.0. The average molecular weight is 400 g/mol. The highest BCUT2D eigenvalue weighted by Crippen LogP contribution is 2.23. The Morgan fingerprint density at radius 3 is 2.88 bits per heavy atom. The van der Waals surface area contributed by atoms with Gasteiger partial charge in [0.15, 0.2) is 6.61 Å². The molecule has 0 saturated carbocycles. The Labute approximate surface area is 154 Å². The summed E-state index contributed by atoms with van der Waals surface area (Å²) in [5, 5.41) is 5.17. The van der Waals surface area contributed by atoms with Gasteiger partial charge in [-0.25, -0.2) is 5.43 Å². The molecule has 1 amide bonds. The van der Waals surface area contributed by atoms with Gasteiger partial charge in [-0.1, -0.05) is 40.2 Å². The summed E-state index contributed by atoms with van der Waals surface area (Å²) in [5.74, 6) is 0.313. The van der Waals surface area contributed by atoms with Gasteiger partial charge in [-0.15, -0.1) is 0 Å². The van der Waals surface area contributed by atoms with Gasteiger partial charge in [0.05, 0.1) is 6.21 Å². The molecule has 0 bridgehead atoms. The first kappa shape index (κ1) is 17.2. The lowest BCUT2D eigenvalue weighted by Crippen LogP contribution is -2.24. The average Bonchev–Trinajstić information content (AvgIpc) is 2.85. The van der Waals surface area contributed by atoms with Crippen LogP contribution in [0.4, 0.5) is 0 Å². The molecular weight excluding hydrogens is 382 g/mol. The summed E-state index contributed by atoms with van der Waals surface area (Å²) in [4.78, 5) is 11.9. The number of rotatable bonds is 5. The third kappa shape index (κ3) is 3.91. The molecule has 0 unspecified atom stereocenters. The van der Waals surface area contributed by atoms with E-state index in [9.17, 15) is 4.79 Å². The number of hydrazone groups is 1. The molecule has 1 N–H and O–H groups in total. The molecule has 0 aliphatic heterocycles. The summed E-state index contributed by atoms with van der Waals surface area (Å²) >= 11 is 3.36. The van der Waals surface area contributed by atoms with Crippen LogP contribution in [0.25, 0.3) is 10.9 Å². The van der Waals surface area contributed by atoms with E-state index in [1.165, 1.54) is 0 Å². The van der Waals surface area contributed by atoms with Crippen molar-refractivity contribution in [2.45, 2.75) is 6.92 Å². The summed E-state index contributed by atoms with van der Waals surface area (Å²) in [6.45, 7) is 1.93. The fourth-order valence-corrected chi connectivity index (χ4v) is 3.00. The van der Waals surface area contributed by atoms with Gasteiger partial charge >= 0.3 is 0 Å². The number of aryl methyl sites for hydroxylation is 1. The third-order valence-electron chi connectivity index (χ3n) is 4.00. The number of hydrogen-bond acceptors (Lipinski definition) is 3. The number of nitrogens with zero attached hydrogens (tertiary/aromatic N) is 2. The Morgan fingerprint density at radius 1 is 1.28 bits per heavy atom. The maximum atomic E-state index is 11.9. The SMILES string of the molecule is Cc1c(/C=N/NC(=O)COc2cccc(Br)c2)c2ccccc2n1C. The van der Waals surface area contributed by atoms with E-state index >= 15 is 0 Å². The van der Waals surface area contributed by atoms with Gasteiger partial charge in [-0.05, 0) is 31.2 Å². The van der Waals surface area contributed by atoms with Crippen LogP contribution in [-0.2, 0) is 11.8 Å². The van der Waals surface area contributed by atoms with Gasteiger partial charge in [-0.2, -0.15) is 5.10 Å². The second-order valence-corrected chi connectivity index (χ2v) is 6.53. The van der Waals surface area contributed by atoms with Crippen LogP contribution in [0.1, 0.15) is 11.3 Å². The van der Waals surface area contributed by atoms with Crippen LogP contribution < -0.4 is 10.2 Å². The molecule has 2 aromatic carbocycles. The number of benzene rings is 2. The molecule has 0 aliphatic rings. The van der Waals surface area contributed by atoms with E-state index in [0.717, 1.165) is 26.6 Å². The largest absolute Gasteiger partial charge is 0.484 e. The number of halogens is 1. The summed E-state index contributed by atoms with van der Waals surface area (Å²) in [5.41, 5.74) is 5.71. The van der Waals surface area contributed by atoms with Crippen molar-refractivity contribution in [1.82, 2.24) is 9.99 Å². The highest BCUT2D eigenvalue weighted by atomic mass is 79.9. The molecule has 0 fully saturated rings. The molecule has 128 valence electrons. The van der Waals surface area contributed by atoms with Crippen LogP contribution in [0.15, 0.2) is 58.1 Å². The highest BCUT2D eigenvalue weighted by Gasteiger charge is 2.09. The lowest BCUT2D eigenvalue weighted by Gasteiger charge is -2.05. The van der Waals surface area contributed by atoms with Crippen molar-refractivity contribution in [3.05, 3.63) is 64.3 Å². The summed E-state index contributed by atoms with van der Waals surface area (Å²) in [6, 6.07) is 15.4. The van der Waals surface area contributed by atoms with Crippen LogP contribution in [0, 0.1) is 6.92 Å². The van der Waals surface area contributed by atoms with E-state index < -0.39 is 0 Å². The summed E-state index contributed by atoms with van der Waals surface area (Å²) < 4.78 is 8.43. The molecule has 1 heterocycles. The Bertz CT molecular complexity index is 947.